The number of esters is 1. The lowest BCUT2D eigenvalue weighted by molar-refractivity contribution is -0.169. The van der Waals surface area contributed by atoms with Crippen LogP contribution >= 0.6 is 0 Å². The van der Waals surface area contributed by atoms with E-state index in [9.17, 15) is 19.2 Å². The first-order valence-corrected chi connectivity index (χ1v) is 12.5. The Hall–Kier alpha value is -3.92. The van der Waals surface area contributed by atoms with E-state index >= 15 is 0 Å². The van der Waals surface area contributed by atoms with Crippen LogP contribution in [0.1, 0.15) is 43.1 Å². The summed E-state index contributed by atoms with van der Waals surface area (Å²) in [6.07, 6.45) is -2.13. The Balaban J connectivity index is 1.48. The molecule has 0 saturated carbocycles. The molecule has 2 aromatic rings. The molecule has 2 aliphatic heterocycles. The summed E-state index contributed by atoms with van der Waals surface area (Å²) in [5.74, 6) is -1.19. The summed E-state index contributed by atoms with van der Waals surface area (Å²) in [7, 11) is 1.29. The van der Waals surface area contributed by atoms with Gasteiger partial charge in [0.25, 0.3) is 5.91 Å². The van der Waals surface area contributed by atoms with Gasteiger partial charge in [0.1, 0.15) is 11.7 Å². The number of morpholine rings is 1. The van der Waals surface area contributed by atoms with Crippen LogP contribution in [0.25, 0.3) is 0 Å². The van der Waals surface area contributed by atoms with Crippen LogP contribution in [-0.4, -0.2) is 77.7 Å². The predicted molar refractivity (Wildman–Crippen MR) is 138 cm³/mol. The van der Waals surface area contributed by atoms with Crippen molar-refractivity contribution in [3.63, 3.8) is 0 Å². The second-order valence-electron chi connectivity index (χ2n) is 10.4. The van der Waals surface area contributed by atoms with Gasteiger partial charge in [-0.3, -0.25) is 9.59 Å². The van der Waals surface area contributed by atoms with Gasteiger partial charge in [-0.15, -0.1) is 0 Å². The number of benzene rings is 2. The number of nitrogens with one attached hydrogen (secondary N) is 1. The Morgan fingerprint density at radius 2 is 1.71 bits per heavy atom. The summed E-state index contributed by atoms with van der Waals surface area (Å²) in [5, 5.41) is 2.74. The number of likely N-dealkylation sites (tertiary alicyclic amines) is 1. The van der Waals surface area contributed by atoms with E-state index < -0.39 is 35.8 Å². The van der Waals surface area contributed by atoms with Crippen LogP contribution in [0, 0.1) is 0 Å². The highest BCUT2D eigenvalue weighted by Crippen LogP contribution is 2.30. The van der Waals surface area contributed by atoms with Gasteiger partial charge in [0.05, 0.1) is 37.8 Å². The van der Waals surface area contributed by atoms with Gasteiger partial charge in [0.2, 0.25) is 5.91 Å². The van der Waals surface area contributed by atoms with E-state index in [1.54, 1.807) is 54.8 Å². The van der Waals surface area contributed by atoms with Crippen LogP contribution < -0.4 is 5.32 Å². The Kier molecular flexibility index (Phi) is 8.01. The number of anilines is 1. The second-order valence-corrected chi connectivity index (χ2v) is 10.4. The molecular formula is C28H33N3O7. The van der Waals surface area contributed by atoms with Crippen molar-refractivity contribution in [2.45, 2.75) is 57.6 Å². The summed E-state index contributed by atoms with van der Waals surface area (Å²) < 4.78 is 16.3. The lowest BCUT2D eigenvalue weighted by Crippen LogP contribution is -2.58. The number of nitrogens with zero attached hydrogens (tertiary/aromatic N) is 2. The molecule has 2 aliphatic rings. The molecule has 0 spiro atoms. The van der Waals surface area contributed by atoms with Crippen molar-refractivity contribution in [3.05, 3.63) is 65.7 Å². The van der Waals surface area contributed by atoms with Gasteiger partial charge < -0.3 is 29.3 Å². The quantitative estimate of drug-likeness (QED) is 0.578. The average molecular weight is 524 g/mol. The lowest BCUT2D eigenvalue weighted by Gasteiger charge is -2.40. The number of methoxy groups -OCH3 is 1. The molecule has 2 fully saturated rings. The van der Waals surface area contributed by atoms with Gasteiger partial charge in [0.15, 0.2) is 0 Å². The summed E-state index contributed by atoms with van der Waals surface area (Å²) in [4.78, 5) is 54.0. The molecule has 0 bridgehead atoms. The monoisotopic (exact) mass is 523 g/mol. The smallest absolute Gasteiger partial charge is 0.410 e. The highest BCUT2D eigenvalue weighted by Gasteiger charge is 2.49. The Morgan fingerprint density at radius 1 is 1.03 bits per heavy atom. The van der Waals surface area contributed by atoms with Crippen LogP contribution in [0.15, 0.2) is 54.6 Å². The minimum atomic E-state index is -1.01. The molecule has 10 nitrogen and oxygen atoms in total. The van der Waals surface area contributed by atoms with Crippen molar-refractivity contribution in [1.29, 1.82) is 0 Å². The Labute approximate surface area is 221 Å². The van der Waals surface area contributed by atoms with Crippen molar-refractivity contribution in [1.82, 2.24) is 9.80 Å². The second kappa shape index (κ2) is 11.2. The zero-order valence-corrected chi connectivity index (χ0v) is 22.0. The number of carbonyl (C=O) groups excluding carboxylic acids is 4. The molecule has 2 saturated heterocycles. The average Bonchev–Trinajstić information content (AvgIpc) is 3.30. The highest BCUT2D eigenvalue weighted by atomic mass is 16.6. The standard InChI is InChI=1S/C28H33N3O7/c1-28(2,3)38-27(35)30-16-21-23(17-30)37-22(25(33)31(21)15-18-8-6-5-7-9-18)14-24(32)29-20-12-10-19(11-13-20)26(34)36-4/h5-13,21-23H,14-17H2,1-4H3,(H,29,32). The number of hydrogen-bond acceptors (Lipinski definition) is 7. The fraction of sp³-hybridized carbons (Fsp3) is 0.429. The van der Waals surface area contributed by atoms with E-state index in [2.05, 4.69) is 10.1 Å². The minimum Gasteiger partial charge on any atom is -0.465 e. The fourth-order valence-corrected chi connectivity index (χ4v) is 4.58. The SMILES string of the molecule is COC(=O)c1ccc(NC(=O)CC2OC3CN(C(=O)OC(C)(C)C)CC3N(Cc3ccccc3)C2=O)cc1. The molecule has 0 radical (unpaired) electrons. The summed E-state index contributed by atoms with van der Waals surface area (Å²) in [6, 6.07) is 15.4. The summed E-state index contributed by atoms with van der Waals surface area (Å²) in [5.41, 5.74) is 1.11. The van der Waals surface area contributed by atoms with Crippen molar-refractivity contribution in [2.24, 2.45) is 0 Å². The molecule has 3 atom stereocenters. The van der Waals surface area contributed by atoms with E-state index in [0.717, 1.165) is 5.56 Å². The number of rotatable bonds is 6. The predicted octanol–water partition coefficient (Wildman–Crippen LogP) is 3.22. The molecule has 2 heterocycles. The van der Waals surface area contributed by atoms with Crippen LogP contribution in [0.3, 0.4) is 0 Å². The molecule has 4 rings (SSSR count). The molecule has 10 heteroatoms. The molecule has 202 valence electrons. The van der Waals surface area contributed by atoms with Crippen molar-refractivity contribution in [2.75, 3.05) is 25.5 Å². The fourth-order valence-electron chi connectivity index (χ4n) is 4.58. The van der Waals surface area contributed by atoms with Gasteiger partial charge in [-0.1, -0.05) is 30.3 Å². The first kappa shape index (κ1) is 27.1. The molecule has 0 aliphatic carbocycles. The summed E-state index contributed by atoms with van der Waals surface area (Å²) in [6.45, 7) is 6.27. The molecule has 1 N–H and O–H groups in total. The first-order valence-electron chi connectivity index (χ1n) is 12.5. The van der Waals surface area contributed by atoms with Crippen LogP contribution in [0.2, 0.25) is 0 Å². The van der Waals surface area contributed by atoms with E-state index in [4.69, 9.17) is 9.47 Å². The van der Waals surface area contributed by atoms with E-state index in [1.165, 1.54) is 7.11 Å². The number of ether oxygens (including phenoxy) is 3. The molecule has 3 unspecified atom stereocenters. The van der Waals surface area contributed by atoms with Crippen LogP contribution in [0.4, 0.5) is 10.5 Å². The van der Waals surface area contributed by atoms with Gasteiger partial charge in [-0.05, 0) is 50.6 Å². The Morgan fingerprint density at radius 3 is 2.34 bits per heavy atom. The third-order valence-corrected chi connectivity index (χ3v) is 6.34. The first-order chi connectivity index (χ1) is 18.0. The third kappa shape index (κ3) is 6.49. The maximum absolute atomic E-state index is 13.6. The third-order valence-electron chi connectivity index (χ3n) is 6.34. The van der Waals surface area contributed by atoms with Gasteiger partial charge in [-0.2, -0.15) is 0 Å². The van der Waals surface area contributed by atoms with Gasteiger partial charge in [0, 0.05) is 18.8 Å². The largest absolute Gasteiger partial charge is 0.465 e. The molecule has 38 heavy (non-hydrogen) atoms. The van der Waals surface area contributed by atoms with E-state index in [1.807, 2.05) is 30.3 Å². The number of fused-ring (bicyclic) bond motifs is 1. The van der Waals surface area contributed by atoms with E-state index in [-0.39, 0.29) is 31.5 Å². The van der Waals surface area contributed by atoms with Crippen molar-refractivity contribution >= 4 is 29.6 Å². The zero-order chi connectivity index (χ0) is 27.4. The maximum Gasteiger partial charge on any atom is 0.410 e. The molecule has 3 amide bonds. The normalized spacial score (nSPS) is 21.1. The zero-order valence-electron chi connectivity index (χ0n) is 22.0. The maximum atomic E-state index is 13.6. The van der Waals surface area contributed by atoms with E-state index in [0.29, 0.717) is 17.8 Å². The molecule has 2 aromatic carbocycles. The van der Waals surface area contributed by atoms with Crippen LogP contribution in [-0.2, 0) is 30.3 Å². The number of amides is 3. The summed E-state index contributed by atoms with van der Waals surface area (Å²) >= 11 is 0. The highest BCUT2D eigenvalue weighted by molar-refractivity contribution is 5.96. The van der Waals surface area contributed by atoms with Crippen molar-refractivity contribution < 1.29 is 33.4 Å². The molecule has 0 aromatic heterocycles. The lowest BCUT2D eigenvalue weighted by atomic mass is 10.0. The topological polar surface area (TPSA) is 114 Å². The molecular weight excluding hydrogens is 490 g/mol. The van der Waals surface area contributed by atoms with Gasteiger partial charge in [-0.25, -0.2) is 9.59 Å². The number of carbonyl (C=O) groups is 4. The number of hydrogen-bond donors (Lipinski definition) is 1. The van der Waals surface area contributed by atoms with Crippen molar-refractivity contribution in [3.8, 4) is 0 Å². The van der Waals surface area contributed by atoms with Crippen LogP contribution in [0.5, 0.6) is 0 Å². The van der Waals surface area contributed by atoms with Gasteiger partial charge >= 0.3 is 12.1 Å². The Bertz CT molecular complexity index is 1180. The minimum absolute atomic E-state index is 0.196.